The number of hydrogen-bond acceptors (Lipinski definition) is 8. The minimum Gasteiger partial charge on any atom is -0.504 e. The number of methoxy groups -OCH3 is 1. The highest BCUT2D eigenvalue weighted by atomic mass is 32.1. The van der Waals surface area contributed by atoms with Gasteiger partial charge < -0.3 is 9.84 Å². The number of rotatable bonds is 4. The summed E-state index contributed by atoms with van der Waals surface area (Å²) >= 11 is 1.54. The molecule has 1 aromatic carbocycles. The molecule has 3 aromatic rings. The third-order valence-corrected chi connectivity index (χ3v) is 5.90. The van der Waals surface area contributed by atoms with Crippen LogP contribution >= 0.6 is 11.3 Å². The standard InChI is InChI=1S/C18H16N4O5S/c1-27-13-7-11(22(25)26)6-10(16(13)23)8-20-21-9-19-17-15(18(21)24)12-4-2-3-5-14(12)28-17/h6-9,23H,2-5H2,1H3. The van der Waals surface area contributed by atoms with Crippen LogP contribution < -0.4 is 10.3 Å². The molecule has 0 radical (unpaired) electrons. The fraction of sp³-hybridized carbons (Fsp3) is 0.278. The van der Waals surface area contributed by atoms with Gasteiger partial charge in [0.1, 0.15) is 11.2 Å². The van der Waals surface area contributed by atoms with Crippen molar-refractivity contribution in [2.45, 2.75) is 25.7 Å². The Balaban J connectivity index is 1.79. The molecule has 2 aromatic heterocycles. The summed E-state index contributed by atoms with van der Waals surface area (Å²) in [6.45, 7) is 0. The zero-order valence-electron chi connectivity index (χ0n) is 14.9. The van der Waals surface area contributed by atoms with E-state index in [-0.39, 0.29) is 28.3 Å². The van der Waals surface area contributed by atoms with Crippen LogP contribution in [0.3, 0.4) is 0 Å². The zero-order valence-corrected chi connectivity index (χ0v) is 15.7. The molecule has 144 valence electrons. The molecule has 0 saturated carbocycles. The number of fused-ring (bicyclic) bond motifs is 3. The summed E-state index contributed by atoms with van der Waals surface area (Å²) in [4.78, 5) is 29.6. The number of thiophene rings is 1. The Labute approximate surface area is 162 Å². The van der Waals surface area contributed by atoms with Crippen LogP contribution in [-0.2, 0) is 12.8 Å². The van der Waals surface area contributed by atoms with Crippen LogP contribution in [0.5, 0.6) is 11.5 Å². The highest BCUT2D eigenvalue weighted by Crippen LogP contribution is 2.34. The first kappa shape index (κ1) is 18.1. The summed E-state index contributed by atoms with van der Waals surface area (Å²) in [5, 5.41) is 25.9. The van der Waals surface area contributed by atoms with Gasteiger partial charge in [-0.25, -0.2) is 4.98 Å². The molecule has 28 heavy (non-hydrogen) atoms. The Hall–Kier alpha value is -3.27. The lowest BCUT2D eigenvalue weighted by Gasteiger charge is -2.09. The van der Waals surface area contributed by atoms with Gasteiger partial charge in [-0.2, -0.15) is 9.78 Å². The molecule has 0 atom stereocenters. The number of aromatic nitrogens is 2. The van der Waals surface area contributed by atoms with Crippen molar-refractivity contribution in [3.63, 3.8) is 0 Å². The van der Waals surface area contributed by atoms with Gasteiger partial charge in [0, 0.05) is 16.5 Å². The van der Waals surface area contributed by atoms with E-state index < -0.39 is 4.92 Å². The van der Waals surface area contributed by atoms with E-state index in [0.29, 0.717) is 10.2 Å². The number of aryl methyl sites for hydroxylation is 2. The minimum absolute atomic E-state index is 0.0523. The molecule has 9 nitrogen and oxygen atoms in total. The lowest BCUT2D eigenvalue weighted by Crippen LogP contribution is -2.18. The summed E-state index contributed by atoms with van der Waals surface area (Å²) in [5.41, 5.74) is 0.556. The van der Waals surface area contributed by atoms with E-state index in [2.05, 4.69) is 10.1 Å². The van der Waals surface area contributed by atoms with E-state index in [1.54, 1.807) is 11.3 Å². The maximum atomic E-state index is 12.9. The first-order chi connectivity index (χ1) is 13.5. The van der Waals surface area contributed by atoms with Gasteiger partial charge in [0.05, 0.1) is 29.7 Å². The van der Waals surface area contributed by atoms with E-state index in [0.717, 1.165) is 48.1 Å². The highest BCUT2D eigenvalue weighted by molar-refractivity contribution is 7.18. The minimum atomic E-state index is -0.600. The monoisotopic (exact) mass is 400 g/mol. The molecule has 2 heterocycles. The smallest absolute Gasteiger partial charge is 0.282 e. The highest BCUT2D eigenvalue weighted by Gasteiger charge is 2.20. The molecular formula is C18H16N4O5S. The second-order valence-corrected chi connectivity index (χ2v) is 7.46. The van der Waals surface area contributed by atoms with Gasteiger partial charge in [-0.15, -0.1) is 11.3 Å². The quantitative estimate of drug-likeness (QED) is 0.408. The molecule has 0 unspecified atom stereocenters. The summed E-state index contributed by atoms with van der Waals surface area (Å²) < 4.78 is 6.04. The van der Waals surface area contributed by atoms with Crippen molar-refractivity contribution in [2.75, 3.05) is 7.11 Å². The van der Waals surface area contributed by atoms with Gasteiger partial charge in [-0.05, 0) is 31.2 Å². The number of nitrogens with zero attached hydrogens (tertiary/aromatic N) is 4. The largest absolute Gasteiger partial charge is 0.504 e. The number of ether oxygens (including phenoxy) is 1. The van der Waals surface area contributed by atoms with Gasteiger partial charge in [0.25, 0.3) is 11.2 Å². The molecule has 0 bridgehead atoms. The Morgan fingerprint density at radius 1 is 1.39 bits per heavy atom. The third kappa shape index (κ3) is 3.01. The Kier molecular flexibility index (Phi) is 4.55. The Bertz CT molecular complexity index is 1180. The summed E-state index contributed by atoms with van der Waals surface area (Å²) in [6, 6.07) is 2.27. The van der Waals surface area contributed by atoms with Crippen LogP contribution in [-0.4, -0.2) is 33.0 Å². The van der Waals surface area contributed by atoms with Crippen molar-refractivity contribution in [3.8, 4) is 11.5 Å². The van der Waals surface area contributed by atoms with Gasteiger partial charge >= 0.3 is 0 Å². The van der Waals surface area contributed by atoms with E-state index in [9.17, 15) is 20.0 Å². The second-order valence-electron chi connectivity index (χ2n) is 6.37. The Morgan fingerprint density at radius 3 is 2.93 bits per heavy atom. The van der Waals surface area contributed by atoms with Gasteiger partial charge in [0.2, 0.25) is 0 Å². The molecule has 0 saturated heterocycles. The average molecular weight is 400 g/mol. The van der Waals surface area contributed by atoms with E-state index in [4.69, 9.17) is 4.74 Å². The van der Waals surface area contributed by atoms with Crippen molar-refractivity contribution in [3.05, 3.63) is 54.9 Å². The van der Waals surface area contributed by atoms with Gasteiger partial charge in [-0.3, -0.25) is 14.9 Å². The van der Waals surface area contributed by atoms with E-state index in [1.165, 1.54) is 24.5 Å². The first-order valence-corrected chi connectivity index (χ1v) is 9.43. The fourth-order valence-electron chi connectivity index (χ4n) is 3.32. The molecule has 1 aliphatic rings. The van der Waals surface area contributed by atoms with Crippen LogP contribution in [0.4, 0.5) is 5.69 Å². The predicted octanol–water partition coefficient (Wildman–Crippen LogP) is 2.84. The molecule has 0 amide bonds. The number of aromatic hydroxyl groups is 1. The van der Waals surface area contributed by atoms with Crippen LogP contribution in [0.2, 0.25) is 0 Å². The predicted molar refractivity (Wildman–Crippen MR) is 105 cm³/mol. The number of nitro benzene ring substituents is 1. The van der Waals surface area contributed by atoms with Crippen molar-refractivity contribution in [2.24, 2.45) is 5.10 Å². The maximum absolute atomic E-state index is 12.9. The van der Waals surface area contributed by atoms with E-state index in [1.807, 2.05) is 0 Å². The van der Waals surface area contributed by atoms with Gasteiger partial charge in [-0.1, -0.05) is 0 Å². The van der Waals surface area contributed by atoms with Crippen molar-refractivity contribution in [1.82, 2.24) is 9.66 Å². The number of phenols is 1. The molecule has 0 spiro atoms. The number of nitro groups is 1. The third-order valence-electron chi connectivity index (χ3n) is 4.70. The van der Waals surface area contributed by atoms with Crippen molar-refractivity contribution in [1.29, 1.82) is 0 Å². The summed E-state index contributed by atoms with van der Waals surface area (Å²) in [6.07, 6.45) is 6.45. The first-order valence-electron chi connectivity index (χ1n) is 8.61. The van der Waals surface area contributed by atoms with Crippen molar-refractivity contribution < 1.29 is 14.8 Å². The fourth-order valence-corrected chi connectivity index (χ4v) is 4.54. The summed E-state index contributed by atoms with van der Waals surface area (Å²) in [5.74, 6) is -0.352. The molecule has 1 aliphatic carbocycles. The summed E-state index contributed by atoms with van der Waals surface area (Å²) in [7, 11) is 1.29. The topological polar surface area (TPSA) is 120 Å². The maximum Gasteiger partial charge on any atom is 0.282 e. The Morgan fingerprint density at radius 2 is 2.18 bits per heavy atom. The molecule has 10 heteroatoms. The molecule has 1 N–H and O–H groups in total. The molecule has 4 rings (SSSR count). The average Bonchev–Trinajstić information content (AvgIpc) is 3.07. The normalized spacial score (nSPS) is 13.8. The lowest BCUT2D eigenvalue weighted by atomic mass is 9.97. The number of phenolic OH excluding ortho intramolecular Hbond substituents is 1. The second kappa shape index (κ2) is 7.04. The van der Waals surface area contributed by atoms with Crippen LogP contribution in [0, 0.1) is 10.1 Å². The van der Waals surface area contributed by atoms with Crippen molar-refractivity contribution >= 4 is 33.5 Å². The SMILES string of the molecule is COc1cc([N+](=O)[O-])cc(C=Nn2cnc3sc4c(c3c2=O)CCCC4)c1O. The van der Waals surface area contributed by atoms with Crippen LogP contribution in [0.25, 0.3) is 10.2 Å². The number of non-ortho nitro benzene ring substituents is 1. The zero-order chi connectivity index (χ0) is 19.8. The molecular weight excluding hydrogens is 384 g/mol. The van der Waals surface area contributed by atoms with Crippen LogP contribution in [0.15, 0.2) is 28.4 Å². The van der Waals surface area contributed by atoms with E-state index >= 15 is 0 Å². The number of hydrogen-bond donors (Lipinski definition) is 1. The number of benzene rings is 1. The molecule has 0 fully saturated rings. The lowest BCUT2D eigenvalue weighted by molar-refractivity contribution is -0.385. The molecule has 0 aliphatic heterocycles. The van der Waals surface area contributed by atoms with Crippen LogP contribution in [0.1, 0.15) is 28.8 Å². The van der Waals surface area contributed by atoms with Gasteiger partial charge in [0.15, 0.2) is 11.5 Å².